The van der Waals surface area contributed by atoms with E-state index < -0.39 is 23.6 Å². The van der Waals surface area contributed by atoms with E-state index >= 15 is 0 Å². The van der Waals surface area contributed by atoms with Crippen LogP contribution in [0.2, 0.25) is 10.0 Å². The summed E-state index contributed by atoms with van der Waals surface area (Å²) in [6.07, 6.45) is 1.86. The van der Waals surface area contributed by atoms with Crippen molar-refractivity contribution in [2.45, 2.75) is 18.8 Å². The number of anilines is 1. The molecule has 0 bridgehead atoms. The van der Waals surface area contributed by atoms with Crippen molar-refractivity contribution in [1.29, 1.82) is 0 Å². The van der Waals surface area contributed by atoms with Crippen molar-refractivity contribution in [3.63, 3.8) is 0 Å². The molecule has 3 N–H and O–H groups in total. The average molecular weight is 453 g/mol. The first-order chi connectivity index (χ1) is 14.2. The molecule has 1 aromatic carbocycles. The third-order valence-corrected chi connectivity index (χ3v) is 5.18. The zero-order valence-corrected chi connectivity index (χ0v) is 16.8. The van der Waals surface area contributed by atoms with Crippen LogP contribution < -0.4 is 10.2 Å². The van der Waals surface area contributed by atoms with Gasteiger partial charge in [0.1, 0.15) is 11.5 Å². The fraction of sp³-hybridized carbons (Fsp3) is 0.211. The third kappa shape index (κ3) is 3.91. The van der Waals surface area contributed by atoms with Gasteiger partial charge in [-0.05, 0) is 29.8 Å². The van der Waals surface area contributed by atoms with Crippen LogP contribution in [-0.4, -0.2) is 39.4 Å². The number of carbonyl (C=O) groups is 2. The van der Waals surface area contributed by atoms with Gasteiger partial charge >= 0.3 is 6.09 Å². The number of alkyl carbamates (subject to hydrolysis) is 1. The zero-order chi connectivity index (χ0) is 21.5. The number of amides is 2. The van der Waals surface area contributed by atoms with Crippen molar-refractivity contribution in [2.24, 2.45) is 0 Å². The predicted molar refractivity (Wildman–Crippen MR) is 108 cm³/mol. The summed E-state index contributed by atoms with van der Waals surface area (Å²) in [7, 11) is 0. The summed E-state index contributed by atoms with van der Waals surface area (Å²) in [6, 6.07) is 5.44. The van der Waals surface area contributed by atoms with Crippen LogP contribution >= 0.6 is 23.2 Å². The van der Waals surface area contributed by atoms with Crippen LogP contribution in [0.5, 0.6) is 0 Å². The first kappa shape index (κ1) is 20.4. The Morgan fingerprint density at radius 2 is 2.17 bits per heavy atom. The number of carbonyl (C=O) groups excluding carboxylic acids is 2. The van der Waals surface area contributed by atoms with E-state index in [-0.39, 0.29) is 24.5 Å². The summed E-state index contributed by atoms with van der Waals surface area (Å²) in [5.74, 6) is -3.69. The van der Waals surface area contributed by atoms with Gasteiger partial charge in [-0.3, -0.25) is 4.79 Å². The predicted octanol–water partition coefficient (Wildman–Crippen LogP) is 3.36. The van der Waals surface area contributed by atoms with Crippen LogP contribution in [0.3, 0.4) is 0 Å². The summed E-state index contributed by atoms with van der Waals surface area (Å²) in [5.41, 5.74) is 1.35. The normalized spacial score (nSPS) is 18.8. The topological polar surface area (TPSA) is 108 Å². The van der Waals surface area contributed by atoms with Crippen molar-refractivity contribution < 1.29 is 23.8 Å². The van der Waals surface area contributed by atoms with Crippen LogP contribution in [0, 0.1) is 5.82 Å². The van der Waals surface area contributed by atoms with Crippen molar-refractivity contribution in [1.82, 2.24) is 15.3 Å². The molecule has 3 heterocycles. The van der Waals surface area contributed by atoms with E-state index in [9.17, 15) is 19.1 Å². The monoisotopic (exact) mass is 452 g/mol. The van der Waals surface area contributed by atoms with Gasteiger partial charge in [-0.25, -0.2) is 14.2 Å². The highest BCUT2D eigenvalue weighted by molar-refractivity contribution is 6.35. The van der Waals surface area contributed by atoms with E-state index in [0.29, 0.717) is 27.3 Å². The smallest absolute Gasteiger partial charge is 0.407 e. The molecule has 0 saturated carbocycles. The fourth-order valence-electron chi connectivity index (χ4n) is 3.21. The van der Waals surface area contributed by atoms with Gasteiger partial charge in [0, 0.05) is 36.1 Å². The molecule has 1 aliphatic heterocycles. The molecule has 2 aromatic heterocycles. The lowest BCUT2D eigenvalue weighted by atomic mass is 10.2. The molecule has 1 saturated heterocycles. The molecule has 2 amide bonds. The quantitative estimate of drug-likeness (QED) is 0.526. The van der Waals surface area contributed by atoms with E-state index in [4.69, 9.17) is 27.9 Å². The van der Waals surface area contributed by atoms with Gasteiger partial charge in [0.05, 0.1) is 16.9 Å². The lowest BCUT2D eigenvalue weighted by molar-refractivity contribution is -0.175. The molecule has 11 heteroatoms. The van der Waals surface area contributed by atoms with E-state index in [2.05, 4.69) is 15.3 Å². The Kier molecular flexibility index (Phi) is 5.27. The number of pyridine rings is 1. The molecular weight excluding hydrogens is 438 g/mol. The van der Waals surface area contributed by atoms with Crippen molar-refractivity contribution in [3.05, 3.63) is 58.1 Å². The number of benzene rings is 1. The van der Waals surface area contributed by atoms with Crippen LogP contribution in [0.4, 0.5) is 14.9 Å². The third-order valence-electron chi connectivity index (χ3n) is 4.65. The van der Waals surface area contributed by atoms with Crippen LogP contribution in [0.1, 0.15) is 12.0 Å². The second-order valence-corrected chi connectivity index (χ2v) is 7.58. The maximum absolute atomic E-state index is 13.4. The largest absolute Gasteiger partial charge is 0.410 e. The molecule has 30 heavy (non-hydrogen) atoms. The van der Waals surface area contributed by atoms with Gasteiger partial charge in [-0.1, -0.05) is 23.2 Å². The number of ether oxygens (including phenoxy) is 1. The zero-order valence-electron chi connectivity index (χ0n) is 15.3. The van der Waals surface area contributed by atoms with E-state index in [0.717, 1.165) is 6.07 Å². The molecule has 3 aromatic rings. The molecule has 1 atom stereocenters. The molecule has 1 aliphatic rings. The Bertz CT molecular complexity index is 1130. The molecule has 8 nitrogen and oxygen atoms in total. The Morgan fingerprint density at radius 1 is 1.37 bits per heavy atom. The number of hydrogen-bond acceptors (Lipinski definition) is 5. The van der Waals surface area contributed by atoms with Gasteiger partial charge in [-0.2, -0.15) is 0 Å². The summed E-state index contributed by atoms with van der Waals surface area (Å²) in [5, 5.41) is 14.2. The number of fused-ring (bicyclic) bond motifs is 1. The highest BCUT2D eigenvalue weighted by Crippen LogP contribution is 2.32. The van der Waals surface area contributed by atoms with Crippen LogP contribution in [-0.2, 0) is 16.1 Å². The number of nitrogens with one attached hydrogen (secondary N) is 2. The van der Waals surface area contributed by atoms with Crippen molar-refractivity contribution in [2.75, 3.05) is 11.4 Å². The summed E-state index contributed by atoms with van der Waals surface area (Å²) >= 11 is 11.9. The minimum absolute atomic E-state index is 0.100. The molecule has 4 rings (SSSR count). The lowest BCUT2D eigenvalue weighted by Crippen LogP contribution is -2.46. The van der Waals surface area contributed by atoms with E-state index in [1.54, 1.807) is 12.3 Å². The Labute approximate surface area is 179 Å². The highest BCUT2D eigenvalue weighted by atomic mass is 35.5. The fourth-order valence-corrected chi connectivity index (χ4v) is 3.65. The first-order valence-corrected chi connectivity index (χ1v) is 9.59. The number of H-pyrrole nitrogens is 1. The molecule has 0 radical (unpaired) electrons. The van der Waals surface area contributed by atoms with Crippen molar-refractivity contribution in [3.8, 4) is 0 Å². The Morgan fingerprint density at radius 3 is 2.93 bits per heavy atom. The Balaban J connectivity index is 1.43. The molecule has 156 valence electrons. The minimum Gasteiger partial charge on any atom is -0.407 e. The summed E-state index contributed by atoms with van der Waals surface area (Å²) in [4.78, 5) is 33.2. The highest BCUT2D eigenvalue weighted by Gasteiger charge is 2.49. The standard InChI is InChI=1S/C19H15Cl2FN4O4/c20-11-3-10(4-12(22)5-11)7-25-18(28)30-19(29)1-2-26(17(19)27)13-6-14-15(21)9-24-16(14)23-8-13/h3-6,8-9,29H,1-2,7H2,(H,23,24)(H,25,28)/t19-/m0/s1. The molecule has 1 fully saturated rings. The van der Waals surface area contributed by atoms with Gasteiger partial charge in [0.2, 0.25) is 0 Å². The molecule has 0 spiro atoms. The van der Waals surface area contributed by atoms with Gasteiger partial charge in [0.25, 0.3) is 11.7 Å². The lowest BCUT2D eigenvalue weighted by Gasteiger charge is -2.22. The van der Waals surface area contributed by atoms with Gasteiger partial charge < -0.3 is 25.0 Å². The maximum Gasteiger partial charge on any atom is 0.410 e. The molecule has 0 unspecified atom stereocenters. The first-order valence-electron chi connectivity index (χ1n) is 8.84. The number of nitrogens with zero attached hydrogens (tertiary/aromatic N) is 2. The Hall–Kier alpha value is -2.88. The van der Waals surface area contributed by atoms with Crippen LogP contribution in [0.15, 0.2) is 36.7 Å². The summed E-state index contributed by atoms with van der Waals surface area (Å²) in [6.45, 7) is 0.00816. The van der Waals surface area contributed by atoms with Crippen LogP contribution in [0.25, 0.3) is 11.0 Å². The second-order valence-electron chi connectivity index (χ2n) is 6.74. The maximum atomic E-state index is 13.4. The number of aliphatic hydroxyl groups is 1. The average Bonchev–Trinajstić information content (AvgIpc) is 3.19. The number of hydrogen-bond donors (Lipinski definition) is 3. The number of aromatic nitrogens is 2. The number of aromatic amines is 1. The van der Waals surface area contributed by atoms with Gasteiger partial charge in [-0.15, -0.1) is 0 Å². The molecule has 0 aliphatic carbocycles. The number of halogens is 3. The SMILES string of the molecule is O=C(NCc1cc(F)cc(Cl)c1)O[C@@]1(O)CCN(c2cnc3[nH]cc(Cl)c3c2)C1=O. The van der Waals surface area contributed by atoms with E-state index in [1.165, 1.54) is 23.2 Å². The van der Waals surface area contributed by atoms with E-state index in [1.807, 2.05) is 0 Å². The number of rotatable bonds is 4. The van der Waals surface area contributed by atoms with Gasteiger partial charge in [0.15, 0.2) is 0 Å². The summed E-state index contributed by atoms with van der Waals surface area (Å²) < 4.78 is 18.3. The van der Waals surface area contributed by atoms with Crippen molar-refractivity contribution >= 4 is 51.9 Å². The molecular formula is C19H15Cl2FN4O4. The second kappa shape index (κ2) is 7.75. The minimum atomic E-state index is -2.33.